The summed E-state index contributed by atoms with van der Waals surface area (Å²) in [6.07, 6.45) is 3.71. The van der Waals surface area contributed by atoms with Crippen molar-refractivity contribution in [1.82, 2.24) is 14.9 Å². The van der Waals surface area contributed by atoms with E-state index < -0.39 is 0 Å². The zero-order chi connectivity index (χ0) is 19.7. The van der Waals surface area contributed by atoms with Gasteiger partial charge in [0, 0.05) is 43.4 Å². The number of rotatable bonds is 4. The maximum absolute atomic E-state index is 13.3. The number of hydrogen-bond acceptors (Lipinski definition) is 6. The van der Waals surface area contributed by atoms with E-state index in [1.165, 1.54) is 0 Å². The van der Waals surface area contributed by atoms with Crippen LogP contribution in [0.15, 0.2) is 24.4 Å². The number of carbonyl (C=O) groups excluding carboxylic acids is 1. The molecule has 28 heavy (non-hydrogen) atoms. The Bertz CT molecular complexity index is 956. The van der Waals surface area contributed by atoms with E-state index in [0.717, 1.165) is 31.5 Å². The van der Waals surface area contributed by atoms with Crippen molar-refractivity contribution in [3.05, 3.63) is 46.1 Å². The molecule has 1 aromatic carbocycles. The largest absolute Gasteiger partial charge is 0.354 e. The van der Waals surface area contributed by atoms with E-state index in [0.29, 0.717) is 41.0 Å². The Morgan fingerprint density at radius 1 is 1.43 bits per heavy atom. The molecular weight excluding hydrogens is 376 g/mol. The minimum atomic E-state index is -0.0899. The van der Waals surface area contributed by atoms with E-state index >= 15 is 0 Å². The molecule has 2 aliphatic rings. The number of carbonyl (C=O) groups is 1. The van der Waals surface area contributed by atoms with Gasteiger partial charge in [0.15, 0.2) is 0 Å². The van der Waals surface area contributed by atoms with Crippen LogP contribution in [0.5, 0.6) is 0 Å². The fourth-order valence-corrected chi connectivity index (χ4v) is 4.13. The van der Waals surface area contributed by atoms with Crippen LogP contribution in [0.3, 0.4) is 0 Å². The highest BCUT2D eigenvalue weighted by molar-refractivity contribution is 6.31. The van der Waals surface area contributed by atoms with Crippen molar-refractivity contribution in [1.29, 1.82) is 5.26 Å². The fraction of sp³-hybridized carbons (Fsp3) is 0.400. The standard InChI is InChI=1S/C20H21ClN6O/c1-2-23-20-24-10-16-18(25-20)27-7-3-4-15(27)12-26(19(16)28)11-14-6-5-13(9-22)8-17(14)21/h5-6,8,10,15H,2-4,7,11-12H2,1H3,(H,23,24,25). The molecule has 3 heterocycles. The third kappa shape index (κ3) is 3.36. The molecule has 1 aromatic heterocycles. The van der Waals surface area contributed by atoms with E-state index in [1.54, 1.807) is 18.3 Å². The van der Waals surface area contributed by atoms with E-state index in [1.807, 2.05) is 17.9 Å². The molecule has 1 N–H and O–H groups in total. The summed E-state index contributed by atoms with van der Waals surface area (Å²) in [6.45, 7) is 4.60. The van der Waals surface area contributed by atoms with Crippen LogP contribution in [0.1, 0.15) is 41.3 Å². The van der Waals surface area contributed by atoms with Crippen molar-refractivity contribution >= 4 is 29.3 Å². The highest BCUT2D eigenvalue weighted by atomic mass is 35.5. The van der Waals surface area contributed by atoms with Crippen molar-refractivity contribution in [2.45, 2.75) is 32.4 Å². The van der Waals surface area contributed by atoms with Gasteiger partial charge in [0.2, 0.25) is 5.95 Å². The number of nitrogens with one attached hydrogen (secondary N) is 1. The lowest BCUT2D eigenvalue weighted by atomic mass is 10.1. The van der Waals surface area contributed by atoms with Crippen LogP contribution in [0.4, 0.5) is 11.8 Å². The van der Waals surface area contributed by atoms with Gasteiger partial charge < -0.3 is 15.1 Å². The van der Waals surface area contributed by atoms with Crippen LogP contribution in [0.2, 0.25) is 5.02 Å². The van der Waals surface area contributed by atoms with Gasteiger partial charge in [-0.2, -0.15) is 10.2 Å². The summed E-state index contributed by atoms with van der Waals surface area (Å²) in [5.74, 6) is 1.17. The number of nitrogens with zero attached hydrogens (tertiary/aromatic N) is 5. The van der Waals surface area contributed by atoms with Crippen molar-refractivity contribution in [2.24, 2.45) is 0 Å². The van der Waals surface area contributed by atoms with Gasteiger partial charge in [-0.3, -0.25) is 4.79 Å². The molecule has 1 amide bonds. The molecule has 7 nitrogen and oxygen atoms in total. The second kappa shape index (κ2) is 7.64. The molecule has 1 atom stereocenters. The summed E-state index contributed by atoms with van der Waals surface area (Å²) in [4.78, 5) is 26.3. The van der Waals surface area contributed by atoms with Crippen LogP contribution in [0, 0.1) is 11.3 Å². The van der Waals surface area contributed by atoms with E-state index in [4.69, 9.17) is 16.9 Å². The minimum Gasteiger partial charge on any atom is -0.354 e. The molecular formula is C20H21ClN6O. The summed E-state index contributed by atoms with van der Waals surface area (Å²) >= 11 is 6.35. The van der Waals surface area contributed by atoms with E-state index in [9.17, 15) is 4.79 Å². The quantitative estimate of drug-likeness (QED) is 0.854. The molecule has 1 fully saturated rings. The van der Waals surface area contributed by atoms with Gasteiger partial charge in [-0.25, -0.2) is 4.98 Å². The van der Waals surface area contributed by atoms with E-state index in [2.05, 4.69) is 26.3 Å². The average molecular weight is 397 g/mol. The van der Waals surface area contributed by atoms with Gasteiger partial charge in [-0.1, -0.05) is 17.7 Å². The molecule has 0 radical (unpaired) electrons. The number of halogens is 1. The average Bonchev–Trinajstić information content (AvgIpc) is 3.13. The minimum absolute atomic E-state index is 0.0899. The topological polar surface area (TPSA) is 85.2 Å². The normalized spacial score (nSPS) is 18.3. The Labute approximate surface area is 168 Å². The van der Waals surface area contributed by atoms with E-state index in [-0.39, 0.29) is 11.9 Å². The number of fused-ring (bicyclic) bond motifs is 3. The number of benzene rings is 1. The Morgan fingerprint density at radius 3 is 3.04 bits per heavy atom. The van der Waals surface area contributed by atoms with Gasteiger partial charge in [-0.05, 0) is 37.5 Å². The second-order valence-corrected chi connectivity index (χ2v) is 7.46. The Kier molecular flexibility index (Phi) is 5.05. The summed E-state index contributed by atoms with van der Waals surface area (Å²) in [5, 5.41) is 12.7. The highest BCUT2D eigenvalue weighted by Crippen LogP contribution is 2.33. The summed E-state index contributed by atoms with van der Waals surface area (Å²) < 4.78 is 0. The van der Waals surface area contributed by atoms with Crippen molar-refractivity contribution in [2.75, 3.05) is 29.9 Å². The predicted octanol–water partition coefficient (Wildman–Crippen LogP) is 3.06. The maximum atomic E-state index is 13.3. The second-order valence-electron chi connectivity index (χ2n) is 7.05. The number of amides is 1. The van der Waals surface area contributed by atoms with Crippen LogP contribution in [0.25, 0.3) is 0 Å². The van der Waals surface area contributed by atoms with Gasteiger partial charge in [0.05, 0.1) is 11.6 Å². The molecule has 0 aliphatic carbocycles. The molecule has 4 rings (SSSR count). The predicted molar refractivity (Wildman–Crippen MR) is 107 cm³/mol. The van der Waals surface area contributed by atoms with Crippen LogP contribution < -0.4 is 10.2 Å². The molecule has 2 aromatic rings. The van der Waals surface area contributed by atoms with Gasteiger partial charge in [-0.15, -0.1) is 0 Å². The smallest absolute Gasteiger partial charge is 0.259 e. The maximum Gasteiger partial charge on any atom is 0.259 e. The van der Waals surface area contributed by atoms with Crippen molar-refractivity contribution in [3.63, 3.8) is 0 Å². The monoisotopic (exact) mass is 396 g/mol. The lowest BCUT2D eigenvalue weighted by molar-refractivity contribution is 0.0741. The van der Waals surface area contributed by atoms with Crippen LogP contribution >= 0.6 is 11.6 Å². The highest BCUT2D eigenvalue weighted by Gasteiger charge is 2.37. The first-order chi connectivity index (χ1) is 13.6. The van der Waals surface area contributed by atoms with Crippen LogP contribution in [-0.2, 0) is 6.54 Å². The SMILES string of the molecule is CCNc1ncc2c(n1)N1CCCC1CN(Cc1ccc(C#N)cc1Cl)C2=O. The van der Waals surface area contributed by atoms with Crippen molar-refractivity contribution in [3.8, 4) is 6.07 Å². The van der Waals surface area contributed by atoms with Crippen molar-refractivity contribution < 1.29 is 4.79 Å². The molecule has 144 valence electrons. The molecule has 1 unspecified atom stereocenters. The molecule has 0 spiro atoms. The molecule has 0 saturated carbocycles. The van der Waals surface area contributed by atoms with Crippen LogP contribution in [-0.4, -0.2) is 46.5 Å². The first kappa shape index (κ1) is 18.5. The lowest BCUT2D eigenvalue weighted by Crippen LogP contribution is -2.39. The summed E-state index contributed by atoms with van der Waals surface area (Å²) in [5.41, 5.74) is 1.86. The zero-order valence-electron chi connectivity index (χ0n) is 15.7. The molecule has 8 heteroatoms. The Balaban J connectivity index is 1.69. The Hall–Kier alpha value is -2.85. The summed E-state index contributed by atoms with van der Waals surface area (Å²) in [7, 11) is 0. The third-order valence-electron chi connectivity index (χ3n) is 5.24. The number of hydrogen-bond donors (Lipinski definition) is 1. The molecule has 1 saturated heterocycles. The lowest BCUT2D eigenvalue weighted by Gasteiger charge is -2.27. The van der Waals surface area contributed by atoms with Gasteiger partial charge >= 0.3 is 0 Å². The third-order valence-corrected chi connectivity index (χ3v) is 5.60. The molecule has 2 aliphatic heterocycles. The number of anilines is 2. The first-order valence-electron chi connectivity index (χ1n) is 9.46. The number of aromatic nitrogens is 2. The summed E-state index contributed by atoms with van der Waals surface area (Å²) in [6, 6.07) is 7.49. The van der Waals surface area contributed by atoms with Gasteiger partial charge in [0.1, 0.15) is 11.4 Å². The zero-order valence-corrected chi connectivity index (χ0v) is 16.4. The number of nitriles is 1. The van der Waals surface area contributed by atoms with Gasteiger partial charge in [0.25, 0.3) is 5.91 Å². The first-order valence-corrected chi connectivity index (χ1v) is 9.84. The molecule has 0 bridgehead atoms. The fourth-order valence-electron chi connectivity index (χ4n) is 3.88. The Morgan fingerprint density at radius 2 is 2.29 bits per heavy atom.